The molecule has 1 saturated carbocycles. The molecule has 1 heterocycles. The van der Waals surface area contributed by atoms with Gasteiger partial charge in [0.05, 0.1) is 6.42 Å². The molecule has 1 aliphatic carbocycles. The third kappa shape index (κ3) is 1.83. The van der Waals surface area contributed by atoms with E-state index in [0.717, 1.165) is 11.3 Å². The van der Waals surface area contributed by atoms with Gasteiger partial charge in [0.15, 0.2) is 0 Å². The Kier molecular flexibility index (Phi) is 2.86. The van der Waals surface area contributed by atoms with Crippen molar-refractivity contribution in [2.24, 2.45) is 11.7 Å². The van der Waals surface area contributed by atoms with Gasteiger partial charge in [0, 0.05) is 18.8 Å². The van der Waals surface area contributed by atoms with Gasteiger partial charge in [0.1, 0.15) is 0 Å². The van der Waals surface area contributed by atoms with Crippen LogP contribution in [0.15, 0.2) is 18.2 Å². The molecule has 2 aliphatic rings. The Morgan fingerprint density at radius 3 is 2.78 bits per heavy atom. The zero-order valence-electron chi connectivity index (χ0n) is 10.9. The van der Waals surface area contributed by atoms with E-state index in [1.165, 1.54) is 31.2 Å². The van der Waals surface area contributed by atoms with E-state index < -0.39 is 0 Å². The number of nitrogens with two attached hydrogens (primary N) is 1. The minimum Gasteiger partial charge on any atom is -0.324 e. The average Bonchev–Trinajstić information content (AvgIpc) is 2.98. The summed E-state index contributed by atoms with van der Waals surface area (Å²) in [6, 6.07) is 6.42. The molecule has 2 N–H and O–H groups in total. The van der Waals surface area contributed by atoms with Gasteiger partial charge < -0.3 is 10.6 Å². The van der Waals surface area contributed by atoms with Gasteiger partial charge in [-0.25, -0.2) is 0 Å². The van der Waals surface area contributed by atoms with Crippen LogP contribution in [0.1, 0.15) is 42.9 Å². The van der Waals surface area contributed by atoms with Crippen molar-refractivity contribution in [1.29, 1.82) is 0 Å². The van der Waals surface area contributed by atoms with Gasteiger partial charge in [0.25, 0.3) is 0 Å². The summed E-state index contributed by atoms with van der Waals surface area (Å²) < 4.78 is 0. The maximum absolute atomic E-state index is 11.7. The lowest BCUT2D eigenvalue weighted by atomic mass is 9.91. The number of hydrogen-bond donors (Lipinski definition) is 1. The molecular formula is C15H20N2O. The van der Waals surface area contributed by atoms with Gasteiger partial charge in [-0.15, -0.1) is 0 Å². The highest BCUT2D eigenvalue weighted by atomic mass is 16.2. The fraction of sp³-hybridized carbons (Fsp3) is 0.533. The van der Waals surface area contributed by atoms with E-state index in [-0.39, 0.29) is 11.9 Å². The summed E-state index contributed by atoms with van der Waals surface area (Å²) in [6.45, 7) is 0. The standard InChI is InChI=1S/C15H20N2O/c1-17-13-7-6-11(8-12(13)9-14(17)18)15(16)10-4-2-3-5-10/h6-8,10,15H,2-5,9,16H2,1H3. The Hall–Kier alpha value is -1.35. The van der Waals surface area contributed by atoms with E-state index in [2.05, 4.69) is 12.1 Å². The van der Waals surface area contributed by atoms with Gasteiger partial charge in [-0.1, -0.05) is 25.0 Å². The number of benzene rings is 1. The SMILES string of the molecule is CN1C(=O)Cc2cc(C(N)C3CCCC3)ccc21. The quantitative estimate of drug-likeness (QED) is 0.868. The monoisotopic (exact) mass is 244 g/mol. The number of rotatable bonds is 2. The van der Waals surface area contributed by atoms with Crippen LogP contribution >= 0.6 is 0 Å². The van der Waals surface area contributed by atoms with Crippen LogP contribution in [0.25, 0.3) is 0 Å². The van der Waals surface area contributed by atoms with Crippen molar-refractivity contribution in [2.45, 2.75) is 38.1 Å². The first-order valence-electron chi connectivity index (χ1n) is 6.82. The van der Waals surface area contributed by atoms with E-state index in [0.29, 0.717) is 12.3 Å². The molecule has 1 atom stereocenters. The predicted octanol–water partition coefficient (Wildman–Crippen LogP) is 2.40. The minimum atomic E-state index is 0.138. The molecule has 3 heteroatoms. The molecule has 0 radical (unpaired) electrons. The molecule has 3 rings (SSSR count). The topological polar surface area (TPSA) is 46.3 Å². The highest BCUT2D eigenvalue weighted by molar-refractivity contribution is 6.00. The van der Waals surface area contributed by atoms with Crippen LogP contribution < -0.4 is 10.6 Å². The van der Waals surface area contributed by atoms with Crippen LogP contribution in [-0.2, 0) is 11.2 Å². The molecule has 1 aliphatic heterocycles. The third-order valence-electron chi connectivity index (χ3n) is 4.47. The predicted molar refractivity (Wildman–Crippen MR) is 72.4 cm³/mol. The van der Waals surface area contributed by atoms with E-state index in [1.807, 2.05) is 13.1 Å². The summed E-state index contributed by atoms with van der Waals surface area (Å²) in [4.78, 5) is 13.4. The Bertz CT molecular complexity index is 477. The number of hydrogen-bond acceptors (Lipinski definition) is 2. The third-order valence-corrected chi connectivity index (χ3v) is 4.47. The lowest BCUT2D eigenvalue weighted by molar-refractivity contribution is -0.117. The van der Waals surface area contributed by atoms with Crippen LogP contribution in [-0.4, -0.2) is 13.0 Å². The van der Waals surface area contributed by atoms with Crippen molar-refractivity contribution in [1.82, 2.24) is 0 Å². The summed E-state index contributed by atoms with van der Waals surface area (Å²) >= 11 is 0. The van der Waals surface area contributed by atoms with E-state index in [4.69, 9.17) is 5.73 Å². The Morgan fingerprint density at radius 2 is 2.06 bits per heavy atom. The second-order valence-electron chi connectivity index (χ2n) is 5.59. The highest BCUT2D eigenvalue weighted by Gasteiger charge is 2.27. The molecule has 0 spiro atoms. The van der Waals surface area contributed by atoms with Gasteiger partial charge in [0.2, 0.25) is 5.91 Å². The second-order valence-corrected chi connectivity index (χ2v) is 5.59. The molecule has 0 bridgehead atoms. The van der Waals surface area contributed by atoms with Crippen molar-refractivity contribution >= 4 is 11.6 Å². The van der Waals surface area contributed by atoms with Gasteiger partial charge >= 0.3 is 0 Å². The number of amides is 1. The van der Waals surface area contributed by atoms with Gasteiger partial charge in [-0.2, -0.15) is 0 Å². The van der Waals surface area contributed by atoms with Crippen LogP contribution in [0.2, 0.25) is 0 Å². The smallest absolute Gasteiger partial charge is 0.231 e. The fourth-order valence-electron chi connectivity index (χ4n) is 3.29. The zero-order valence-corrected chi connectivity index (χ0v) is 10.9. The van der Waals surface area contributed by atoms with Crippen LogP contribution in [0.4, 0.5) is 5.69 Å². The number of nitrogens with zero attached hydrogens (tertiary/aromatic N) is 1. The molecule has 1 aromatic carbocycles. The lowest BCUT2D eigenvalue weighted by Gasteiger charge is -2.20. The van der Waals surface area contributed by atoms with E-state index in [1.54, 1.807) is 4.90 Å². The molecule has 1 unspecified atom stereocenters. The number of fused-ring (bicyclic) bond motifs is 1. The number of likely N-dealkylation sites (N-methyl/N-ethyl adjacent to an activating group) is 1. The Morgan fingerprint density at radius 1 is 1.33 bits per heavy atom. The maximum Gasteiger partial charge on any atom is 0.231 e. The molecule has 1 amide bonds. The zero-order chi connectivity index (χ0) is 12.7. The lowest BCUT2D eigenvalue weighted by Crippen LogP contribution is -2.20. The molecular weight excluding hydrogens is 224 g/mol. The number of carbonyl (C=O) groups excluding carboxylic acids is 1. The van der Waals surface area contributed by atoms with Crippen LogP contribution in [0.5, 0.6) is 0 Å². The Labute approximate surface area is 108 Å². The summed E-state index contributed by atoms with van der Waals surface area (Å²) in [5, 5.41) is 0. The van der Waals surface area contributed by atoms with E-state index >= 15 is 0 Å². The van der Waals surface area contributed by atoms with E-state index in [9.17, 15) is 4.79 Å². The van der Waals surface area contributed by atoms with Crippen molar-refractivity contribution in [3.8, 4) is 0 Å². The highest BCUT2D eigenvalue weighted by Crippen LogP contribution is 2.36. The number of anilines is 1. The molecule has 3 nitrogen and oxygen atoms in total. The fourth-order valence-corrected chi connectivity index (χ4v) is 3.29. The summed E-state index contributed by atoms with van der Waals surface area (Å²) in [5.41, 5.74) is 9.74. The molecule has 0 aromatic heterocycles. The first-order chi connectivity index (χ1) is 8.66. The maximum atomic E-state index is 11.7. The van der Waals surface area contributed by atoms with Crippen molar-refractivity contribution < 1.29 is 4.79 Å². The molecule has 18 heavy (non-hydrogen) atoms. The van der Waals surface area contributed by atoms with Crippen molar-refractivity contribution in [3.63, 3.8) is 0 Å². The Balaban J connectivity index is 1.87. The number of carbonyl (C=O) groups is 1. The molecule has 96 valence electrons. The average molecular weight is 244 g/mol. The normalized spacial score (nSPS) is 21.4. The first-order valence-corrected chi connectivity index (χ1v) is 6.82. The van der Waals surface area contributed by atoms with Crippen LogP contribution in [0, 0.1) is 5.92 Å². The summed E-state index contributed by atoms with van der Waals surface area (Å²) in [6.07, 6.45) is 5.64. The summed E-state index contributed by atoms with van der Waals surface area (Å²) in [5.74, 6) is 0.800. The molecule has 0 saturated heterocycles. The minimum absolute atomic E-state index is 0.138. The largest absolute Gasteiger partial charge is 0.324 e. The van der Waals surface area contributed by atoms with Crippen molar-refractivity contribution in [2.75, 3.05) is 11.9 Å². The van der Waals surface area contributed by atoms with Crippen LogP contribution in [0.3, 0.4) is 0 Å². The molecule has 1 aromatic rings. The van der Waals surface area contributed by atoms with Gasteiger partial charge in [-0.3, -0.25) is 4.79 Å². The summed E-state index contributed by atoms with van der Waals surface area (Å²) in [7, 11) is 1.84. The first kappa shape index (κ1) is 11.7. The van der Waals surface area contributed by atoms with Crippen molar-refractivity contribution in [3.05, 3.63) is 29.3 Å². The molecule has 1 fully saturated rings. The second kappa shape index (κ2) is 4.39. The van der Waals surface area contributed by atoms with Gasteiger partial charge in [-0.05, 0) is 36.0 Å².